The number of carbonyl (C=O) groups is 1. The molecule has 8 heteroatoms. The van der Waals surface area contributed by atoms with Gasteiger partial charge in [0.1, 0.15) is 28.7 Å². The van der Waals surface area contributed by atoms with Crippen LogP contribution in [0.5, 0.6) is 0 Å². The Hall–Kier alpha value is -4.30. The van der Waals surface area contributed by atoms with Gasteiger partial charge in [-0.25, -0.2) is 15.0 Å². The van der Waals surface area contributed by atoms with Crippen LogP contribution in [0.15, 0.2) is 73.2 Å². The molecule has 1 fully saturated rings. The molecule has 4 N–H and O–H groups in total. The molecule has 0 saturated heterocycles. The van der Waals surface area contributed by atoms with E-state index < -0.39 is 0 Å². The molecule has 3 heterocycles. The van der Waals surface area contributed by atoms with Crippen molar-refractivity contribution in [3.8, 4) is 11.3 Å². The van der Waals surface area contributed by atoms with E-state index in [1.165, 1.54) is 0 Å². The van der Waals surface area contributed by atoms with Gasteiger partial charge in [-0.2, -0.15) is 0 Å². The number of carbonyl (C=O) groups excluding carboxylic acids is 1. The van der Waals surface area contributed by atoms with Gasteiger partial charge >= 0.3 is 0 Å². The fraction of sp³-hybridized carbons (Fsp3) is 0.214. The van der Waals surface area contributed by atoms with E-state index >= 15 is 0 Å². The molecular formula is C28H26N6O2. The van der Waals surface area contributed by atoms with Gasteiger partial charge in [-0.05, 0) is 54.7 Å². The number of hydrogen-bond donors (Lipinski definition) is 3. The van der Waals surface area contributed by atoms with E-state index in [1.807, 2.05) is 53.1 Å². The monoisotopic (exact) mass is 478 g/mol. The molecule has 0 unspecified atom stereocenters. The largest absolute Gasteiger partial charge is 0.393 e. The van der Waals surface area contributed by atoms with E-state index in [0.717, 1.165) is 59.1 Å². The van der Waals surface area contributed by atoms with E-state index in [2.05, 4.69) is 15.3 Å². The van der Waals surface area contributed by atoms with Crippen molar-refractivity contribution >= 4 is 33.8 Å². The van der Waals surface area contributed by atoms with Gasteiger partial charge in [0.2, 0.25) is 0 Å². The predicted molar refractivity (Wildman–Crippen MR) is 140 cm³/mol. The molecule has 180 valence electrons. The van der Waals surface area contributed by atoms with Crippen LogP contribution in [0.2, 0.25) is 0 Å². The van der Waals surface area contributed by atoms with Crippen molar-refractivity contribution in [2.24, 2.45) is 0 Å². The van der Waals surface area contributed by atoms with E-state index in [9.17, 15) is 9.90 Å². The molecule has 0 spiro atoms. The van der Waals surface area contributed by atoms with Gasteiger partial charge in [0.25, 0.3) is 5.91 Å². The molecule has 36 heavy (non-hydrogen) atoms. The number of imidazole rings is 1. The van der Waals surface area contributed by atoms with Crippen LogP contribution >= 0.6 is 0 Å². The number of nitrogens with zero attached hydrogens (tertiary/aromatic N) is 4. The summed E-state index contributed by atoms with van der Waals surface area (Å²) >= 11 is 0. The van der Waals surface area contributed by atoms with Gasteiger partial charge in [-0.15, -0.1) is 0 Å². The topological polar surface area (TPSA) is 118 Å². The summed E-state index contributed by atoms with van der Waals surface area (Å²) in [4.78, 5) is 26.8. The molecule has 1 amide bonds. The number of nitrogens with one attached hydrogen (secondary N) is 1. The third kappa shape index (κ3) is 3.85. The second-order valence-corrected chi connectivity index (χ2v) is 9.23. The number of aliphatic hydroxyl groups excluding tert-OH is 1. The third-order valence-electron chi connectivity index (χ3n) is 7.00. The minimum atomic E-state index is -0.243. The van der Waals surface area contributed by atoms with Crippen molar-refractivity contribution in [3.05, 3.63) is 84.6 Å². The number of benzene rings is 2. The molecule has 5 aromatic rings. The number of pyridine rings is 1. The van der Waals surface area contributed by atoms with Crippen LogP contribution in [0.25, 0.3) is 27.5 Å². The lowest BCUT2D eigenvalue weighted by atomic mass is 9.87. The number of aromatic nitrogens is 4. The molecule has 6 rings (SSSR count). The minimum Gasteiger partial charge on any atom is -0.393 e. The Morgan fingerprint density at radius 3 is 2.50 bits per heavy atom. The molecule has 0 aliphatic heterocycles. The molecule has 1 aliphatic carbocycles. The average molecular weight is 479 g/mol. The van der Waals surface area contributed by atoms with E-state index in [1.54, 1.807) is 24.5 Å². The van der Waals surface area contributed by atoms with Crippen LogP contribution in [-0.2, 0) is 0 Å². The molecule has 8 nitrogen and oxygen atoms in total. The number of aliphatic hydroxyl groups is 1. The highest BCUT2D eigenvalue weighted by atomic mass is 16.3. The van der Waals surface area contributed by atoms with Crippen molar-refractivity contribution in [2.75, 3.05) is 11.1 Å². The van der Waals surface area contributed by atoms with Gasteiger partial charge < -0.3 is 16.2 Å². The van der Waals surface area contributed by atoms with Crippen molar-refractivity contribution < 1.29 is 9.90 Å². The lowest BCUT2D eigenvalue weighted by Gasteiger charge is -2.24. The van der Waals surface area contributed by atoms with Crippen LogP contribution in [0, 0.1) is 0 Å². The molecule has 1 aliphatic rings. The van der Waals surface area contributed by atoms with Crippen LogP contribution in [0.3, 0.4) is 0 Å². The summed E-state index contributed by atoms with van der Waals surface area (Å²) in [6.07, 6.45) is 8.26. The van der Waals surface area contributed by atoms with Gasteiger partial charge in [-0.3, -0.25) is 9.20 Å². The summed E-state index contributed by atoms with van der Waals surface area (Å²) in [5.41, 5.74) is 9.33. The first-order valence-corrected chi connectivity index (χ1v) is 12.1. The number of nitrogen functional groups attached to an aromatic ring is 1. The Morgan fingerprint density at radius 2 is 1.72 bits per heavy atom. The molecule has 0 radical (unpaired) electrons. The van der Waals surface area contributed by atoms with Crippen molar-refractivity contribution in [3.63, 3.8) is 0 Å². The smallest absolute Gasteiger partial charge is 0.257 e. The Kier molecular flexibility index (Phi) is 5.58. The fourth-order valence-corrected chi connectivity index (χ4v) is 5.22. The Balaban J connectivity index is 1.49. The third-order valence-corrected chi connectivity index (χ3v) is 7.00. The van der Waals surface area contributed by atoms with Crippen molar-refractivity contribution in [1.82, 2.24) is 19.4 Å². The standard InChI is InChI=1S/C28H26N6O2/c29-26-25-24(33-27(34(25)16-15-31-26)17-8-10-18(35)11-9-17)21-12-13-22(20-6-2-1-5-19(20)21)28(36)32-23-7-3-4-14-30-23/h1-7,12-18,35H,8-11H2,(H2,29,31)(H,30,32,36)/t17-,18-. The van der Waals surface area contributed by atoms with Gasteiger partial charge in [0.15, 0.2) is 0 Å². The van der Waals surface area contributed by atoms with Crippen molar-refractivity contribution in [1.29, 1.82) is 0 Å². The molecule has 0 bridgehead atoms. The highest BCUT2D eigenvalue weighted by Gasteiger charge is 2.27. The van der Waals surface area contributed by atoms with Crippen LogP contribution < -0.4 is 11.1 Å². The van der Waals surface area contributed by atoms with Gasteiger partial charge in [-0.1, -0.05) is 36.4 Å². The van der Waals surface area contributed by atoms with E-state index in [4.69, 9.17) is 10.7 Å². The lowest BCUT2D eigenvalue weighted by Crippen LogP contribution is -2.18. The summed E-state index contributed by atoms with van der Waals surface area (Å²) in [6.45, 7) is 0. The number of amides is 1. The average Bonchev–Trinajstić information content (AvgIpc) is 3.30. The lowest BCUT2D eigenvalue weighted by molar-refractivity contribution is 0.102. The van der Waals surface area contributed by atoms with E-state index in [0.29, 0.717) is 17.2 Å². The first kappa shape index (κ1) is 22.2. The second-order valence-electron chi connectivity index (χ2n) is 9.23. The molecular weight excluding hydrogens is 452 g/mol. The Bertz CT molecular complexity index is 1570. The highest BCUT2D eigenvalue weighted by Crippen LogP contribution is 2.39. The first-order chi connectivity index (χ1) is 17.6. The normalized spacial score (nSPS) is 17.9. The van der Waals surface area contributed by atoms with Crippen LogP contribution in [0.1, 0.15) is 47.8 Å². The zero-order chi connectivity index (χ0) is 24.6. The molecule has 0 atom stereocenters. The summed E-state index contributed by atoms with van der Waals surface area (Å²) in [6, 6.07) is 17.0. The van der Waals surface area contributed by atoms with Gasteiger partial charge in [0, 0.05) is 35.6 Å². The summed E-state index contributed by atoms with van der Waals surface area (Å²) < 4.78 is 2.04. The maximum atomic E-state index is 13.2. The molecule has 3 aromatic heterocycles. The zero-order valence-corrected chi connectivity index (χ0v) is 19.6. The van der Waals surface area contributed by atoms with Crippen molar-refractivity contribution in [2.45, 2.75) is 37.7 Å². The van der Waals surface area contributed by atoms with Crippen LogP contribution in [-0.4, -0.2) is 36.5 Å². The second kappa shape index (κ2) is 9.05. The maximum absolute atomic E-state index is 13.2. The van der Waals surface area contributed by atoms with Gasteiger partial charge in [0.05, 0.1) is 6.10 Å². The quantitative estimate of drug-likeness (QED) is 0.342. The minimum absolute atomic E-state index is 0.228. The number of anilines is 2. The highest BCUT2D eigenvalue weighted by molar-refractivity contribution is 6.15. The maximum Gasteiger partial charge on any atom is 0.257 e. The SMILES string of the molecule is Nc1nccn2c1c(-c1ccc(C(=O)Nc3ccccn3)c3ccccc13)nc2[C@H]1CC[C@H](O)CC1. The summed E-state index contributed by atoms with van der Waals surface area (Å²) in [5.74, 6) is 1.84. The number of hydrogen-bond acceptors (Lipinski definition) is 6. The number of nitrogens with two attached hydrogens (primary N) is 1. The predicted octanol–water partition coefficient (Wildman–Crippen LogP) is 4.80. The number of rotatable bonds is 4. The Labute approximate surface area is 207 Å². The van der Waals surface area contributed by atoms with E-state index in [-0.39, 0.29) is 17.9 Å². The van der Waals surface area contributed by atoms with Crippen LogP contribution in [0.4, 0.5) is 11.6 Å². The summed E-state index contributed by atoms with van der Waals surface area (Å²) in [5, 5.41) is 14.6. The Morgan fingerprint density at radius 1 is 0.944 bits per heavy atom. The first-order valence-electron chi connectivity index (χ1n) is 12.1. The molecule has 2 aromatic carbocycles. The summed E-state index contributed by atoms with van der Waals surface area (Å²) in [7, 11) is 0. The zero-order valence-electron chi connectivity index (χ0n) is 19.6. The molecule has 1 saturated carbocycles. The number of fused-ring (bicyclic) bond motifs is 2. The fourth-order valence-electron chi connectivity index (χ4n) is 5.22.